The van der Waals surface area contributed by atoms with E-state index in [1.54, 1.807) is 11.0 Å². The van der Waals surface area contributed by atoms with Gasteiger partial charge in [-0.25, -0.2) is 14.8 Å². The van der Waals surface area contributed by atoms with E-state index in [9.17, 15) is 4.79 Å². The molecule has 1 saturated heterocycles. The average Bonchev–Trinajstić information content (AvgIpc) is 2.64. The number of nitrogen functional groups attached to an aromatic ring is 1. The normalized spacial score (nSPS) is 15.0. The van der Waals surface area contributed by atoms with Gasteiger partial charge in [0.15, 0.2) is 0 Å². The van der Waals surface area contributed by atoms with E-state index in [2.05, 4.69) is 9.97 Å². The van der Waals surface area contributed by atoms with Gasteiger partial charge in [0.05, 0.1) is 22.3 Å². The summed E-state index contributed by atoms with van der Waals surface area (Å²) < 4.78 is 5.06. The Morgan fingerprint density at radius 2 is 2.04 bits per heavy atom. The summed E-state index contributed by atoms with van der Waals surface area (Å²) in [5.41, 5.74) is 8.18. The Balaban J connectivity index is 1.71. The zero-order valence-electron chi connectivity index (χ0n) is 15.1. The number of carbonyl (C=O) groups excluding carboxylic acids is 1. The highest BCUT2D eigenvalue weighted by Crippen LogP contribution is 2.33. The topological polar surface area (TPSA) is 81.3 Å². The summed E-state index contributed by atoms with van der Waals surface area (Å²) in [6.45, 7) is 3.59. The van der Waals surface area contributed by atoms with Crippen LogP contribution >= 0.6 is 23.2 Å². The third-order valence-electron chi connectivity index (χ3n) is 4.66. The van der Waals surface area contributed by atoms with Gasteiger partial charge in [0, 0.05) is 24.3 Å². The second-order valence-electron chi connectivity index (χ2n) is 6.54. The Labute approximate surface area is 168 Å². The van der Waals surface area contributed by atoms with Crippen LogP contribution in [-0.2, 0) is 11.2 Å². The van der Waals surface area contributed by atoms with Gasteiger partial charge >= 0.3 is 6.09 Å². The highest BCUT2D eigenvalue weighted by atomic mass is 35.5. The lowest BCUT2D eigenvalue weighted by Crippen LogP contribution is -2.39. The monoisotopic (exact) mass is 408 g/mol. The number of likely N-dealkylation sites (tertiary alicyclic amines) is 1. The highest BCUT2D eigenvalue weighted by molar-refractivity contribution is 6.43. The molecule has 0 unspecified atom stereocenters. The highest BCUT2D eigenvalue weighted by Gasteiger charge is 2.24. The molecule has 0 aliphatic carbocycles. The van der Waals surface area contributed by atoms with Crippen molar-refractivity contribution in [3.8, 4) is 11.3 Å². The molecule has 1 amide bonds. The van der Waals surface area contributed by atoms with Gasteiger partial charge in [0.25, 0.3) is 0 Å². The Bertz CT molecular complexity index is 823. The van der Waals surface area contributed by atoms with Crippen molar-refractivity contribution in [1.82, 2.24) is 14.9 Å². The standard InChI is InChI=1S/C19H22Cl2N4O2/c1-2-27-19(26)25-8-6-12(7-9-25)10-13-11-16(24-18(22)23-13)14-4-3-5-15(20)17(14)21/h3-5,11-12H,2,6-10H2,1H3,(H2,22,23,24). The number of anilines is 1. The maximum absolute atomic E-state index is 11.8. The van der Waals surface area contributed by atoms with Gasteiger partial charge in [-0.1, -0.05) is 35.3 Å². The van der Waals surface area contributed by atoms with Gasteiger partial charge < -0.3 is 15.4 Å². The third-order valence-corrected chi connectivity index (χ3v) is 5.48. The largest absolute Gasteiger partial charge is 0.450 e. The van der Waals surface area contributed by atoms with Gasteiger partial charge in [0.1, 0.15) is 0 Å². The first kappa shape index (κ1) is 19.7. The lowest BCUT2D eigenvalue weighted by molar-refractivity contribution is 0.0917. The molecule has 1 aromatic heterocycles. The second kappa shape index (κ2) is 8.76. The number of amides is 1. The molecule has 0 bridgehead atoms. The van der Waals surface area contributed by atoms with Gasteiger partial charge in [-0.2, -0.15) is 0 Å². The molecule has 2 aromatic rings. The molecule has 0 radical (unpaired) electrons. The first-order chi connectivity index (χ1) is 13.0. The van der Waals surface area contributed by atoms with E-state index in [4.69, 9.17) is 33.7 Å². The van der Waals surface area contributed by atoms with Crippen LogP contribution < -0.4 is 5.73 Å². The van der Waals surface area contributed by atoms with Gasteiger partial charge in [0.2, 0.25) is 5.95 Å². The number of nitrogens with zero attached hydrogens (tertiary/aromatic N) is 3. The number of rotatable bonds is 4. The van der Waals surface area contributed by atoms with Crippen LogP contribution in [-0.4, -0.2) is 40.7 Å². The number of aromatic nitrogens is 2. The predicted molar refractivity (Wildman–Crippen MR) is 107 cm³/mol. The Hall–Kier alpha value is -2.05. The number of ether oxygens (including phenoxy) is 1. The molecule has 0 atom stereocenters. The summed E-state index contributed by atoms with van der Waals surface area (Å²) in [7, 11) is 0. The zero-order chi connectivity index (χ0) is 19.4. The molecule has 144 valence electrons. The van der Waals surface area contributed by atoms with Crippen LogP contribution in [0.15, 0.2) is 24.3 Å². The first-order valence-corrected chi connectivity index (χ1v) is 9.73. The molecule has 2 heterocycles. The first-order valence-electron chi connectivity index (χ1n) is 8.97. The molecule has 0 spiro atoms. The molecule has 1 aliphatic heterocycles. The van der Waals surface area contributed by atoms with E-state index >= 15 is 0 Å². The van der Waals surface area contributed by atoms with Crippen molar-refractivity contribution in [3.63, 3.8) is 0 Å². The van der Waals surface area contributed by atoms with E-state index < -0.39 is 0 Å². The number of nitrogens with two attached hydrogens (primary N) is 1. The number of benzene rings is 1. The van der Waals surface area contributed by atoms with Gasteiger partial charge in [-0.15, -0.1) is 0 Å². The number of hydrogen-bond donors (Lipinski definition) is 1. The summed E-state index contributed by atoms with van der Waals surface area (Å²) in [6.07, 6.45) is 2.33. The number of hydrogen-bond acceptors (Lipinski definition) is 5. The van der Waals surface area contributed by atoms with Crippen LogP contribution in [0.25, 0.3) is 11.3 Å². The predicted octanol–water partition coefficient (Wildman–Crippen LogP) is 4.44. The molecule has 1 fully saturated rings. The molecule has 1 aromatic carbocycles. The Morgan fingerprint density at radius 1 is 1.30 bits per heavy atom. The Morgan fingerprint density at radius 3 is 2.74 bits per heavy atom. The summed E-state index contributed by atoms with van der Waals surface area (Å²) >= 11 is 12.4. The van der Waals surface area contributed by atoms with Crippen LogP contribution in [0.1, 0.15) is 25.5 Å². The van der Waals surface area contributed by atoms with Crippen molar-refractivity contribution in [2.45, 2.75) is 26.2 Å². The van der Waals surface area contributed by atoms with Crippen LogP contribution in [0.2, 0.25) is 10.0 Å². The van der Waals surface area contributed by atoms with Crippen molar-refractivity contribution >= 4 is 35.2 Å². The summed E-state index contributed by atoms with van der Waals surface area (Å²) in [6, 6.07) is 7.33. The number of carbonyl (C=O) groups is 1. The smallest absolute Gasteiger partial charge is 0.409 e. The average molecular weight is 409 g/mol. The van der Waals surface area contributed by atoms with Gasteiger partial charge in [-0.05, 0) is 44.2 Å². The molecule has 1 aliphatic rings. The van der Waals surface area contributed by atoms with Crippen molar-refractivity contribution < 1.29 is 9.53 Å². The summed E-state index contributed by atoms with van der Waals surface area (Å²) in [5.74, 6) is 0.634. The minimum Gasteiger partial charge on any atom is -0.450 e. The minimum absolute atomic E-state index is 0.211. The SMILES string of the molecule is CCOC(=O)N1CCC(Cc2cc(-c3cccc(Cl)c3Cl)nc(N)n2)CC1. The number of halogens is 2. The van der Waals surface area contributed by atoms with Crippen molar-refractivity contribution in [2.75, 3.05) is 25.4 Å². The quantitative estimate of drug-likeness (QED) is 0.807. The fourth-order valence-corrected chi connectivity index (χ4v) is 3.69. The van der Waals surface area contributed by atoms with Crippen LogP contribution in [0.5, 0.6) is 0 Å². The zero-order valence-corrected chi connectivity index (χ0v) is 16.6. The van der Waals surface area contributed by atoms with E-state index in [1.807, 2.05) is 25.1 Å². The lowest BCUT2D eigenvalue weighted by Gasteiger charge is -2.31. The van der Waals surface area contributed by atoms with E-state index in [0.717, 1.165) is 30.5 Å². The van der Waals surface area contributed by atoms with Crippen molar-refractivity contribution in [1.29, 1.82) is 0 Å². The summed E-state index contributed by atoms with van der Waals surface area (Å²) in [5, 5.41) is 0.921. The number of piperidine rings is 1. The van der Waals surface area contributed by atoms with Gasteiger partial charge in [-0.3, -0.25) is 0 Å². The summed E-state index contributed by atoms with van der Waals surface area (Å²) in [4.78, 5) is 22.3. The molecule has 8 heteroatoms. The second-order valence-corrected chi connectivity index (χ2v) is 7.32. The van der Waals surface area contributed by atoms with Crippen LogP contribution in [0.4, 0.5) is 10.7 Å². The third kappa shape index (κ3) is 4.82. The molecular formula is C19H22Cl2N4O2. The molecule has 2 N–H and O–H groups in total. The van der Waals surface area contributed by atoms with Crippen molar-refractivity contribution in [3.05, 3.63) is 40.0 Å². The Kier molecular flexibility index (Phi) is 6.39. The van der Waals surface area contributed by atoms with Crippen LogP contribution in [0.3, 0.4) is 0 Å². The van der Waals surface area contributed by atoms with E-state index in [1.165, 1.54) is 0 Å². The maximum Gasteiger partial charge on any atom is 0.409 e. The molecule has 6 nitrogen and oxygen atoms in total. The lowest BCUT2D eigenvalue weighted by atomic mass is 9.92. The molecule has 27 heavy (non-hydrogen) atoms. The van der Waals surface area contributed by atoms with Crippen LogP contribution in [0, 0.1) is 5.92 Å². The molecular weight excluding hydrogens is 387 g/mol. The molecule has 3 rings (SSSR count). The van der Waals surface area contributed by atoms with E-state index in [0.29, 0.717) is 41.4 Å². The maximum atomic E-state index is 11.8. The fourth-order valence-electron chi connectivity index (χ4n) is 3.29. The fraction of sp³-hybridized carbons (Fsp3) is 0.421. The molecule has 0 saturated carbocycles. The van der Waals surface area contributed by atoms with Crippen molar-refractivity contribution in [2.24, 2.45) is 5.92 Å². The minimum atomic E-state index is -0.236. The van der Waals surface area contributed by atoms with E-state index in [-0.39, 0.29) is 12.0 Å².